The van der Waals surface area contributed by atoms with E-state index in [1.54, 1.807) is 0 Å². The number of rotatable bonds is 4. The summed E-state index contributed by atoms with van der Waals surface area (Å²) in [5.74, 6) is 4.08. The molecule has 17 heavy (non-hydrogen) atoms. The summed E-state index contributed by atoms with van der Waals surface area (Å²) in [7, 11) is 1.95. The number of alkyl halides is 1. The van der Waals surface area contributed by atoms with Crippen molar-refractivity contribution in [3.63, 3.8) is 0 Å². The Morgan fingerprint density at radius 2 is 1.94 bits per heavy atom. The first kappa shape index (κ1) is 13.5. The molecule has 1 amide bonds. The number of halogens is 1. The maximum absolute atomic E-state index is 12.1. The second-order valence-corrected chi connectivity index (χ2v) is 7.31. The molecule has 2 nitrogen and oxygen atoms in total. The van der Waals surface area contributed by atoms with Gasteiger partial charge in [-0.1, -0.05) is 0 Å². The smallest absolute Gasteiger partial charge is 0.222 e. The third-order valence-corrected chi connectivity index (χ3v) is 5.35. The van der Waals surface area contributed by atoms with E-state index in [9.17, 15) is 4.79 Å². The number of nitrogens with zero attached hydrogens (tertiary/aromatic N) is 1. The van der Waals surface area contributed by atoms with Crippen LogP contribution in [0.25, 0.3) is 0 Å². The third kappa shape index (κ3) is 4.06. The van der Waals surface area contributed by atoms with Crippen LogP contribution in [0.3, 0.4) is 0 Å². The van der Waals surface area contributed by atoms with Gasteiger partial charge in [-0.2, -0.15) is 11.8 Å². The summed E-state index contributed by atoms with van der Waals surface area (Å²) in [6.07, 6.45) is 5.36. The Morgan fingerprint density at radius 3 is 2.53 bits per heavy atom. The average Bonchev–Trinajstić information content (AvgIpc) is 2.28. The maximum atomic E-state index is 12.1. The van der Waals surface area contributed by atoms with Gasteiger partial charge in [-0.15, -0.1) is 11.6 Å². The Morgan fingerprint density at radius 1 is 1.29 bits per heavy atom. The van der Waals surface area contributed by atoms with Crippen LogP contribution in [0.5, 0.6) is 0 Å². The van der Waals surface area contributed by atoms with Gasteiger partial charge in [0.1, 0.15) is 0 Å². The van der Waals surface area contributed by atoms with Gasteiger partial charge in [0.05, 0.1) is 0 Å². The summed E-state index contributed by atoms with van der Waals surface area (Å²) in [6, 6.07) is 0. The highest BCUT2D eigenvalue weighted by atomic mass is 35.5. The van der Waals surface area contributed by atoms with E-state index in [2.05, 4.69) is 0 Å². The summed E-state index contributed by atoms with van der Waals surface area (Å²) < 4.78 is 0. The average molecular weight is 276 g/mol. The van der Waals surface area contributed by atoms with Crippen molar-refractivity contribution in [1.82, 2.24) is 4.90 Å². The molecule has 2 fully saturated rings. The number of carbonyl (C=O) groups is 1. The van der Waals surface area contributed by atoms with Gasteiger partial charge < -0.3 is 4.90 Å². The van der Waals surface area contributed by atoms with Crippen molar-refractivity contribution in [2.75, 3.05) is 25.1 Å². The number of carbonyl (C=O) groups excluding carboxylic acids is 1. The fourth-order valence-electron chi connectivity index (χ4n) is 2.65. The van der Waals surface area contributed by atoms with E-state index in [0.29, 0.717) is 23.1 Å². The van der Waals surface area contributed by atoms with E-state index in [1.807, 2.05) is 23.7 Å². The molecule has 0 bridgehead atoms. The zero-order chi connectivity index (χ0) is 12.3. The monoisotopic (exact) mass is 275 g/mol. The van der Waals surface area contributed by atoms with Crippen LogP contribution in [0.1, 0.15) is 32.1 Å². The first-order chi connectivity index (χ1) is 8.15. The summed E-state index contributed by atoms with van der Waals surface area (Å²) >= 11 is 7.97. The lowest BCUT2D eigenvalue weighted by Crippen LogP contribution is -2.38. The van der Waals surface area contributed by atoms with Crippen LogP contribution >= 0.6 is 23.4 Å². The first-order valence-corrected chi connectivity index (χ1v) is 8.20. The van der Waals surface area contributed by atoms with E-state index in [0.717, 1.165) is 25.8 Å². The molecular formula is C13H22ClNOS. The molecule has 2 rings (SSSR count). The molecule has 1 heterocycles. The Hall–Kier alpha value is 0.110. The predicted octanol–water partition coefficient (Wildman–Crippen LogP) is 3.00. The van der Waals surface area contributed by atoms with Gasteiger partial charge in [0.15, 0.2) is 0 Å². The molecule has 1 aliphatic carbocycles. The lowest BCUT2D eigenvalue weighted by atomic mass is 9.84. The molecule has 0 atom stereocenters. The quantitative estimate of drug-likeness (QED) is 0.735. The van der Waals surface area contributed by atoms with Gasteiger partial charge in [-0.05, 0) is 49.0 Å². The van der Waals surface area contributed by atoms with Crippen molar-refractivity contribution in [2.45, 2.75) is 37.5 Å². The van der Waals surface area contributed by atoms with Crippen LogP contribution in [-0.4, -0.2) is 41.3 Å². The van der Waals surface area contributed by atoms with Crippen LogP contribution in [0.2, 0.25) is 0 Å². The van der Waals surface area contributed by atoms with E-state index in [4.69, 9.17) is 11.6 Å². The Kier molecular flexibility index (Phi) is 5.04. The van der Waals surface area contributed by atoms with Gasteiger partial charge in [0.25, 0.3) is 0 Å². The highest BCUT2D eigenvalue weighted by molar-refractivity contribution is 7.99. The van der Waals surface area contributed by atoms with E-state index >= 15 is 0 Å². The number of thioether (sulfide) groups is 1. The zero-order valence-electron chi connectivity index (χ0n) is 10.5. The van der Waals surface area contributed by atoms with E-state index in [1.165, 1.54) is 24.3 Å². The number of hydrogen-bond donors (Lipinski definition) is 0. The third-order valence-electron chi connectivity index (χ3n) is 3.94. The van der Waals surface area contributed by atoms with Crippen molar-refractivity contribution >= 4 is 29.3 Å². The first-order valence-electron chi connectivity index (χ1n) is 6.61. The molecule has 98 valence electrons. The zero-order valence-corrected chi connectivity index (χ0v) is 12.1. The van der Waals surface area contributed by atoms with Crippen molar-refractivity contribution < 1.29 is 4.79 Å². The molecule has 0 aromatic rings. The molecule has 4 heteroatoms. The van der Waals surface area contributed by atoms with Gasteiger partial charge in [0.2, 0.25) is 5.91 Å². The summed E-state index contributed by atoms with van der Waals surface area (Å²) in [4.78, 5) is 14.0. The molecule has 0 spiro atoms. The second-order valence-electron chi connectivity index (χ2n) is 5.47. The normalized spacial score (nSPS) is 29.8. The van der Waals surface area contributed by atoms with Crippen LogP contribution in [-0.2, 0) is 4.79 Å². The Labute approximate surface area is 113 Å². The van der Waals surface area contributed by atoms with Crippen LogP contribution in [0.15, 0.2) is 0 Å². The van der Waals surface area contributed by atoms with Crippen molar-refractivity contribution in [3.05, 3.63) is 0 Å². The van der Waals surface area contributed by atoms with Crippen molar-refractivity contribution in [3.8, 4) is 0 Å². The van der Waals surface area contributed by atoms with Crippen LogP contribution in [0.4, 0.5) is 0 Å². The summed E-state index contributed by atoms with van der Waals surface area (Å²) in [5, 5.41) is 0.360. The molecular weight excluding hydrogens is 254 g/mol. The van der Waals surface area contributed by atoms with E-state index < -0.39 is 0 Å². The standard InChI is InChI=1S/C13H22ClNOS/c1-15(9-11-6-12(14)7-11)13(16)8-10-2-4-17-5-3-10/h10-12H,2-9H2,1H3. The van der Waals surface area contributed by atoms with Crippen molar-refractivity contribution in [1.29, 1.82) is 0 Å². The fourth-order valence-corrected chi connectivity index (χ4v) is 4.35. The largest absolute Gasteiger partial charge is 0.345 e. The predicted molar refractivity (Wildman–Crippen MR) is 74.7 cm³/mol. The van der Waals surface area contributed by atoms with Gasteiger partial charge in [0, 0.05) is 25.4 Å². The maximum Gasteiger partial charge on any atom is 0.222 e. The molecule has 1 aliphatic heterocycles. The summed E-state index contributed by atoms with van der Waals surface area (Å²) in [5.41, 5.74) is 0. The molecule has 1 saturated carbocycles. The van der Waals surface area contributed by atoms with Crippen molar-refractivity contribution in [2.24, 2.45) is 11.8 Å². The van der Waals surface area contributed by atoms with Crippen LogP contribution < -0.4 is 0 Å². The lowest BCUT2D eigenvalue weighted by Gasteiger charge is -2.34. The molecule has 1 saturated heterocycles. The minimum absolute atomic E-state index is 0.333. The molecule has 0 radical (unpaired) electrons. The highest BCUT2D eigenvalue weighted by Gasteiger charge is 2.29. The molecule has 0 aromatic carbocycles. The fraction of sp³-hybridized carbons (Fsp3) is 0.923. The SMILES string of the molecule is CN(CC1CC(Cl)C1)C(=O)CC1CCSCC1. The number of hydrogen-bond acceptors (Lipinski definition) is 2. The minimum Gasteiger partial charge on any atom is -0.345 e. The Bertz CT molecular complexity index is 262. The molecule has 0 unspecified atom stereocenters. The number of amides is 1. The summed E-state index contributed by atoms with van der Waals surface area (Å²) in [6.45, 7) is 0.906. The highest BCUT2D eigenvalue weighted by Crippen LogP contribution is 2.32. The van der Waals surface area contributed by atoms with Crippen LogP contribution in [0, 0.1) is 11.8 Å². The van der Waals surface area contributed by atoms with E-state index in [-0.39, 0.29) is 0 Å². The molecule has 0 aromatic heterocycles. The lowest BCUT2D eigenvalue weighted by molar-refractivity contribution is -0.131. The van der Waals surface area contributed by atoms with Gasteiger partial charge in [-0.25, -0.2) is 0 Å². The topological polar surface area (TPSA) is 20.3 Å². The molecule has 0 N–H and O–H groups in total. The second kappa shape index (κ2) is 6.33. The Balaban J connectivity index is 1.67. The minimum atomic E-state index is 0.333. The van der Waals surface area contributed by atoms with Gasteiger partial charge >= 0.3 is 0 Å². The molecule has 2 aliphatic rings. The van der Waals surface area contributed by atoms with Gasteiger partial charge in [-0.3, -0.25) is 4.79 Å².